The van der Waals surface area contributed by atoms with Gasteiger partial charge in [0.15, 0.2) is 5.82 Å². The normalized spacial score (nSPS) is 19.6. The molecular weight excluding hydrogens is 214 g/mol. The van der Waals surface area contributed by atoms with Gasteiger partial charge in [0.2, 0.25) is 0 Å². The van der Waals surface area contributed by atoms with Crippen LogP contribution < -0.4 is 0 Å². The number of aromatic amines is 1. The molecule has 0 spiro atoms. The molecule has 0 radical (unpaired) electrons. The van der Waals surface area contributed by atoms with Crippen molar-refractivity contribution in [3.05, 3.63) is 47.5 Å². The molecule has 2 aromatic rings. The number of benzene rings is 1. The lowest BCUT2D eigenvalue weighted by molar-refractivity contribution is 0.105. The number of hydrogen-bond acceptors (Lipinski definition) is 3. The van der Waals surface area contributed by atoms with Gasteiger partial charge in [0.05, 0.1) is 0 Å². The number of ether oxygens (including phenoxy) is 1. The van der Waals surface area contributed by atoms with Crippen molar-refractivity contribution < 1.29 is 4.74 Å². The van der Waals surface area contributed by atoms with Gasteiger partial charge in [-0.2, -0.15) is 5.10 Å². The largest absolute Gasteiger partial charge is 0.370 e. The molecule has 1 atom stereocenters. The molecule has 4 heteroatoms. The molecule has 3 rings (SSSR count). The zero-order valence-corrected chi connectivity index (χ0v) is 9.60. The van der Waals surface area contributed by atoms with Gasteiger partial charge in [-0.1, -0.05) is 30.3 Å². The highest BCUT2D eigenvalue weighted by molar-refractivity contribution is 5.18. The topological polar surface area (TPSA) is 50.8 Å². The predicted octanol–water partition coefficient (Wildman–Crippen LogP) is 2.25. The number of H-pyrrole nitrogens is 1. The first-order chi connectivity index (χ1) is 8.42. The Balaban J connectivity index is 1.72. The summed E-state index contributed by atoms with van der Waals surface area (Å²) in [6, 6.07) is 10.3. The van der Waals surface area contributed by atoms with E-state index < -0.39 is 0 Å². The zero-order chi connectivity index (χ0) is 11.5. The molecule has 1 aromatic heterocycles. The number of aromatic nitrogens is 3. The van der Waals surface area contributed by atoms with E-state index in [1.54, 1.807) is 0 Å². The monoisotopic (exact) mass is 229 g/mol. The van der Waals surface area contributed by atoms with Crippen molar-refractivity contribution in [2.24, 2.45) is 0 Å². The average molecular weight is 229 g/mol. The second-order valence-corrected chi connectivity index (χ2v) is 4.30. The van der Waals surface area contributed by atoms with Crippen LogP contribution in [0.2, 0.25) is 0 Å². The van der Waals surface area contributed by atoms with Crippen molar-refractivity contribution in [2.75, 3.05) is 6.61 Å². The van der Waals surface area contributed by atoms with E-state index in [1.807, 2.05) is 18.2 Å². The zero-order valence-electron chi connectivity index (χ0n) is 9.60. The van der Waals surface area contributed by atoms with Gasteiger partial charge in [0, 0.05) is 13.0 Å². The first kappa shape index (κ1) is 10.5. The first-order valence-corrected chi connectivity index (χ1v) is 5.98. The molecule has 0 saturated carbocycles. The minimum absolute atomic E-state index is 0.0933. The molecular formula is C13H15N3O. The molecule has 2 heterocycles. The fraction of sp³-hybridized carbons (Fsp3) is 0.385. The maximum Gasteiger partial charge on any atom is 0.179 e. The minimum atomic E-state index is 0.0933. The van der Waals surface area contributed by atoms with E-state index in [-0.39, 0.29) is 6.10 Å². The van der Waals surface area contributed by atoms with E-state index in [4.69, 9.17) is 4.74 Å². The SMILES string of the molecule is c1ccc(Cc2nc(C3CCCO3)n[nH]2)cc1. The van der Waals surface area contributed by atoms with Gasteiger partial charge in [0.1, 0.15) is 11.9 Å². The summed E-state index contributed by atoms with van der Waals surface area (Å²) in [5, 5.41) is 7.22. The summed E-state index contributed by atoms with van der Waals surface area (Å²) in [5.74, 6) is 1.70. The maximum atomic E-state index is 5.56. The van der Waals surface area contributed by atoms with Crippen LogP contribution in [0.15, 0.2) is 30.3 Å². The van der Waals surface area contributed by atoms with E-state index in [0.717, 1.165) is 37.5 Å². The Morgan fingerprint density at radius 1 is 1.29 bits per heavy atom. The van der Waals surface area contributed by atoms with Gasteiger partial charge < -0.3 is 4.74 Å². The van der Waals surface area contributed by atoms with Crippen molar-refractivity contribution in [1.29, 1.82) is 0 Å². The number of nitrogens with zero attached hydrogens (tertiary/aromatic N) is 2. The third kappa shape index (κ3) is 2.36. The average Bonchev–Trinajstić information content (AvgIpc) is 3.00. The maximum absolute atomic E-state index is 5.56. The summed E-state index contributed by atoms with van der Waals surface area (Å²) >= 11 is 0. The summed E-state index contributed by atoms with van der Waals surface area (Å²) in [7, 11) is 0. The third-order valence-electron chi connectivity index (χ3n) is 2.98. The Morgan fingerprint density at radius 2 is 2.18 bits per heavy atom. The van der Waals surface area contributed by atoms with Crippen LogP contribution in [0.25, 0.3) is 0 Å². The van der Waals surface area contributed by atoms with Crippen molar-refractivity contribution in [3.63, 3.8) is 0 Å². The van der Waals surface area contributed by atoms with E-state index in [2.05, 4.69) is 27.3 Å². The van der Waals surface area contributed by atoms with Crippen LogP contribution in [-0.4, -0.2) is 21.8 Å². The van der Waals surface area contributed by atoms with Crippen LogP contribution in [0.4, 0.5) is 0 Å². The third-order valence-corrected chi connectivity index (χ3v) is 2.98. The van der Waals surface area contributed by atoms with Crippen LogP contribution in [-0.2, 0) is 11.2 Å². The fourth-order valence-corrected chi connectivity index (χ4v) is 2.10. The highest BCUT2D eigenvalue weighted by Gasteiger charge is 2.21. The Labute approximate surface area is 100 Å². The lowest BCUT2D eigenvalue weighted by Crippen LogP contribution is -1.98. The van der Waals surface area contributed by atoms with E-state index in [1.165, 1.54) is 5.56 Å². The van der Waals surface area contributed by atoms with Crippen molar-refractivity contribution in [3.8, 4) is 0 Å². The molecule has 1 saturated heterocycles. The summed E-state index contributed by atoms with van der Waals surface area (Å²) in [5.41, 5.74) is 1.24. The molecule has 88 valence electrons. The molecule has 1 aromatic carbocycles. The highest BCUT2D eigenvalue weighted by atomic mass is 16.5. The molecule has 0 aliphatic carbocycles. The molecule has 1 N–H and O–H groups in total. The van der Waals surface area contributed by atoms with E-state index in [0.29, 0.717) is 0 Å². The van der Waals surface area contributed by atoms with Crippen LogP contribution >= 0.6 is 0 Å². The second-order valence-electron chi connectivity index (χ2n) is 4.30. The Bertz CT molecular complexity index is 474. The lowest BCUT2D eigenvalue weighted by atomic mass is 10.1. The standard InChI is InChI=1S/C13H15N3O/c1-2-5-10(6-3-1)9-12-14-13(16-15-12)11-7-4-8-17-11/h1-3,5-6,11H,4,7-9H2,(H,14,15,16). The van der Waals surface area contributed by atoms with E-state index in [9.17, 15) is 0 Å². The quantitative estimate of drug-likeness (QED) is 0.878. The Kier molecular flexibility index (Phi) is 2.88. The molecule has 0 bridgehead atoms. The van der Waals surface area contributed by atoms with Crippen molar-refractivity contribution in [2.45, 2.75) is 25.4 Å². The van der Waals surface area contributed by atoms with Gasteiger partial charge in [-0.25, -0.2) is 4.98 Å². The molecule has 1 aliphatic heterocycles. The number of rotatable bonds is 3. The molecule has 1 unspecified atom stereocenters. The molecule has 4 nitrogen and oxygen atoms in total. The van der Waals surface area contributed by atoms with Gasteiger partial charge >= 0.3 is 0 Å². The van der Waals surface area contributed by atoms with Gasteiger partial charge in [0.25, 0.3) is 0 Å². The van der Waals surface area contributed by atoms with Crippen molar-refractivity contribution >= 4 is 0 Å². The summed E-state index contributed by atoms with van der Waals surface area (Å²) < 4.78 is 5.56. The molecule has 1 fully saturated rings. The molecule has 1 aliphatic rings. The molecule has 0 amide bonds. The van der Waals surface area contributed by atoms with Gasteiger partial charge in [-0.15, -0.1) is 0 Å². The van der Waals surface area contributed by atoms with Crippen LogP contribution in [0, 0.1) is 0 Å². The predicted molar refractivity (Wildman–Crippen MR) is 63.6 cm³/mol. The van der Waals surface area contributed by atoms with Crippen molar-refractivity contribution in [1.82, 2.24) is 15.2 Å². The summed E-state index contributed by atoms with van der Waals surface area (Å²) in [6.07, 6.45) is 3.02. The second kappa shape index (κ2) is 4.67. The lowest BCUT2D eigenvalue weighted by Gasteiger charge is -2.01. The summed E-state index contributed by atoms with van der Waals surface area (Å²) in [4.78, 5) is 4.50. The van der Waals surface area contributed by atoms with Gasteiger partial charge in [-0.05, 0) is 18.4 Å². The summed E-state index contributed by atoms with van der Waals surface area (Å²) in [6.45, 7) is 0.827. The minimum Gasteiger partial charge on any atom is -0.370 e. The van der Waals surface area contributed by atoms with Gasteiger partial charge in [-0.3, -0.25) is 5.10 Å². The number of nitrogens with one attached hydrogen (secondary N) is 1. The smallest absolute Gasteiger partial charge is 0.179 e. The number of hydrogen-bond donors (Lipinski definition) is 1. The van der Waals surface area contributed by atoms with E-state index >= 15 is 0 Å². The Hall–Kier alpha value is -1.68. The van der Waals surface area contributed by atoms with Crippen LogP contribution in [0.1, 0.15) is 36.2 Å². The first-order valence-electron chi connectivity index (χ1n) is 5.98. The fourth-order valence-electron chi connectivity index (χ4n) is 2.10. The van der Waals surface area contributed by atoms with Crippen LogP contribution in [0.5, 0.6) is 0 Å². The highest BCUT2D eigenvalue weighted by Crippen LogP contribution is 2.25. The van der Waals surface area contributed by atoms with Crippen LogP contribution in [0.3, 0.4) is 0 Å². The Morgan fingerprint density at radius 3 is 2.94 bits per heavy atom. The molecule has 17 heavy (non-hydrogen) atoms.